The average Bonchev–Trinajstić information content (AvgIpc) is 2.46. The van der Waals surface area contributed by atoms with Crippen molar-refractivity contribution in [1.82, 2.24) is 0 Å². The lowest BCUT2D eigenvalue weighted by Crippen LogP contribution is -2.28. The molecule has 0 unspecified atom stereocenters. The maximum absolute atomic E-state index is 11.8. The van der Waals surface area contributed by atoms with Gasteiger partial charge in [0.1, 0.15) is 11.6 Å². The topological polar surface area (TPSA) is 60.4 Å². The Balaban J connectivity index is 2.56. The molecule has 0 aliphatic rings. The summed E-state index contributed by atoms with van der Waals surface area (Å²) in [4.78, 5) is 34.8. The minimum atomic E-state index is -0.710. The number of carbonyl (C=O) groups excluding carboxylic acids is 3. The van der Waals surface area contributed by atoms with Crippen molar-refractivity contribution in [2.24, 2.45) is 11.8 Å². The van der Waals surface area contributed by atoms with Gasteiger partial charge < -0.3 is 4.74 Å². The zero-order chi connectivity index (χ0) is 15.8. The van der Waals surface area contributed by atoms with Crippen molar-refractivity contribution in [1.29, 1.82) is 0 Å². The van der Waals surface area contributed by atoms with Crippen LogP contribution in [0.1, 0.15) is 30.6 Å². The molecule has 0 radical (unpaired) electrons. The summed E-state index contributed by atoms with van der Waals surface area (Å²) < 4.78 is 5.16. The molecular weight excluding hydrogens is 268 g/mol. The van der Waals surface area contributed by atoms with Gasteiger partial charge in [0.15, 0.2) is 0 Å². The Morgan fingerprint density at radius 3 is 2.19 bits per heavy atom. The van der Waals surface area contributed by atoms with Crippen molar-refractivity contribution in [3.63, 3.8) is 0 Å². The van der Waals surface area contributed by atoms with E-state index in [2.05, 4.69) is 6.58 Å². The van der Waals surface area contributed by atoms with E-state index in [4.69, 9.17) is 4.74 Å². The third-order valence-corrected chi connectivity index (χ3v) is 3.30. The summed E-state index contributed by atoms with van der Waals surface area (Å²) in [6.45, 7) is 6.57. The first-order valence-corrected chi connectivity index (χ1v) is 6.83. The summed E-state index contributed by atoms with van der Waals surface area (Å²) >= 11 is 0. The molecule has 0 aliphatic heterocycles. The van der Waals surface area contributed by atoms with Crippen LogP contribution in [0, 0.1) is 11.8 Å². The molecule has 1 rings (SSSR count). The molecule has 4 nitrogen and oxygen atoms in total. The standard InChI is InChI=1S/C17H20O4/c1-4-14(16(12(2)18)13(3)19)10-11-21-17(20)15-8-6-5-7-9-15/h4-9,14,16H,1,10-11H2,2-3H3/t14-/m1/s1. The highest BCUT2D eigenvalue weighted by Crippen LogP contribution is 2.20. The summed E-state index contributed by atoms with van der Waals surface area (Å²) in [5, 5.41) is 0. The van der Waals surface area contributed by atoms with Gasteiger partial charge in [0.25, 0.3) is 0 Å². The van der Waals surface area contributed by atoms with E-state index in [1.54, 1.807) is 30.3 Å². The Morgan fingerprint density at radius 2 is 1.71 bits per heavy atom. The van der Waals surface area contributed by atoms with Crippen molar-refractivity contribution >= 4 is 17.5 Å². The molecule has 1 atom stereocenters. The molecule has 0 saturated carbocycles. The fourth-order valence-corrected chi connectivity index (χ4v) is 2.26. The lowest BCUT2D eigenvalue weighted by Gasteiger charge is -2.19. The summed E-state index contributed by atoms with van der Waals surface area (Å²) in [6.07, 6.45) is 1.97. The van der Waals surface area contributed by atoms with Gasteiger partial charge in [-0.15, -0.1) is 6.58 Å². The van der Waals surface area contributed by atoms with Crippen LogP contribution in [-0.2, 0) is 14.3 Å². The molecule has 0 fully saturated rings. The smallest absolute Gasteiger partial charge is 0.338 e. The lowest BCUT2D eigenvalue weighted by atomic mass is 9.84. The van der Waals surface area contributed by atoms with Gasteiger partial charge in [-0.2, -0.15) is 0 Å². The summed E-state index contributed by atoms with van der Waals surface area (Å²) in [5.41, 5.74) is 0.474. The highest BCUT2D eigenvalue weighted by atomic mass is 16.5. The highest BCUT2D eigenvalue weighted by Gasteiger charge is 2.27. The van der Waals surface area contributed by atoms with E-state index < -0.39 is 11.9 Å². The van der Waals surface area contributed by atoms with Crippen molar-refractivity contribution < 1.29 is 19.1 Å². The molecule has 0 heterocycles. The van der Waals surface area contributed by atoms with Gasteiger partial charge >= 0.3 is 5.97 Å². The van der Waals surface area contributed by atoms with E-state index in [0.717, 1.165) is 0 Å². The first-order chi connectivity index (χ1) is 9.97. The second-order valence-corrected chi connectivity index (χ2v) is 4.89. The highest BCUT2D eigenvalue weighted by molar-refractivity contribution is 6.00. The number of carbonyl (C=O) groups is 3. The zero-order valence-electron chi connectivity index (χ0n) is 12.4. The first-order valence-electron chi connectivity index (χ1n) is 6.83. The van der Waals surface area contributed by atoms with E-state index in [-0.39, 0.29) is 24.1 Å². The molecule has 0 amide bonds. The van der Waals surface area contributed by atoms with Crippen LogP contribution in [-0.4, -0.2) is 24.1 Å². The number of ether oxygens (including phenoxy) is 1. The molecule has 0 aliphatic carbocycles. The Kier molecular flexibility index (Phi) is 6.53. The van der Waals surface area contributed by atoms with Gasteiger partial charge in [-0.05, 0) is 38.3 Å². The number of rotatable bonds is 8. The fraction of sp³-hybridized carbons (Fsp3) is 0.353. The molecule has 21 heavy (non-hydrogen) atoms. The van der Waals surface area contributed by atoms with Crippen molar-refractivity contribution in [3.05, 3.63) is 48.6 Å². The normalized spacial score (nSPS) is 11.8. The van der Waals surface area contributed by atoms with Crippen LogP contribution in [0.5, 0.6) is 0 Å². The SMILES string of the molecule is C=C[C@H](CCOC(=O)c1ccccc1)C(C(C)=O)C(C)=O. The van der Waals surface area contributed by atoms with Crippen LogP contribution in [0.4, 0.5) is 0 Å². The van der Waals surface area contributed by atoms with E-state index in [1.165, 1.54) is 13.8 Å². The third-order valence-electron chi connectivity index (χ3n) is 3.30. The Labute approximate surface area is 124 Å². The minimum Gasteiger partial charge on any atom is -0.462 e. The number of Topliss-reactive ketones (excluding diaryl/α,β-unsaturated/α-hetero) is 2. The molecule has 0 bridgehead atoms. The molecule has 1 aromatic rings. The van der Waals surface area contributed by atoms with Crippen molar-refractivity contribution in [3.8, 4) is 0 Å². The van der Waals surface area contributed by atoms with E-state index in [1.807, 2.05) is 6.07 Å². The Bertz CT molecular complexity index is 505. The number of esters is 1. The van der Waals surface area contributed by atoms with E-state index >= 15 is 0 Å². The predicted molar refractivity (Wildman–Crippen MR) is 79.9 cm³/mol. The maximum atomic E-state index is 11.8. The average molecular weight is 288 g/mol. The van der Waals surface area contributed by atoms with Crippen LogP contribution in [0.25, 0.3) is 0 Å². The third kappa shape index (κ3) is 4.99. The van der Waals surface area contributed by atoms with Gasteiger partial charge in [0.2, 0.25) is 0 Å². The number of hydrogen-bond donors (Lipinski definition) is 0. The number of benzene rings is 1. The first kappa shape index (κ1) is 16.8. The van der Waals surface area contributed by atoms with Gasteiger partial charge in [-0.25, -0.2) is 4.79 Å². The number of allylic oxidation sites excluding steroid dienone is 1. The molecule has 1 aromatic carbocycles. The predicted octanol–water partition coefficient (Wildman–Crippen LogP) is 2.83. The monoisotopic (exact) mass is 288 g/mol. The zero-order valence-corrected chi connectivity index (χ0v) is 12.4. The van der Waals surface area contributed by atoms with E-state index in [0.29, 0.717) is 12.0 Å². The van der Waals surface area contributed by atoms with Gasteiger partial charge in [-0.1, -0.05) is 24.3 Å². The molecule has 112 valence electrons. The second-order valence-electron chi connectivity index (χ2n) is 4.89. The van der Waals surface area contributed by atoms with Crippen molar-refractivity contribution in [2.45, 2.75) is 20.3 Å². The number of hydrogen-bond acceptors (Lipinski definition) is 4. The molecule has 0 aromatic heterocycles. The molecule has 4 heteroatoms. The van der Waals surface area contributed by atoms with E-state index in [9.17, 15) is 14.4 Å². The molecule has 0 N–H and O–H groups in total. The summed E-state index contributed by atoms with van der Waals surface area (Å²) in [7, 11) is 0. The molecule has 0 spiro atoms. The van der Waals surface area contributed by atoms with Crippen molar-refractivity contribution in [2.75, 3.05) is 6.61 Å². The van der Waals surface area contributed by atoms with Crippen LogP contribution in [0.2, 0.25) is 0 Å². The minimum absolute atomic E-state index is 0.140. The quantitative estimate of drug-likeness (QED) is 0.419. The van der Waals surface area contributed by atoms with Gasteiger partial charge in [0.05, 0.1) is 18.1 Å². The molecule has 0 saturated heterocycles. The summed E-state index contributed by atoms with van der Waals surface area (Å²) in [5.74, 6) is -1.83. The summed E-state index contributed by atoms with van der Waals surface area (Å²) in [6, 6.07) is 8.66. The van der Waals surface area contributed by atoms with Crippen LogP contribution < -0.4 is 0 Å². The Hall–Kier alpha value is -2.23. The van der Waals surface area contributed by atoms with Crippen LogP contribution in [0.15, 0.2) is 43.0 Å². The maximum Gasteiger partial charge on any atom is 0.338 e. The van der Waals surface area contributed by atoms with Gasteiger partial charge in [0, 0.05) is 0 Å². The van der Waals surface area contributed by atoms with Crippen LogP contribution in [0.3, 0.4) is 0 Å². The number of ketones is 2. The largest absolute Gasteiger partial charge is 0.462 e. The van der Waals surface area contributed by atoms with Gasteiger partial charge in [-0.3, -0.25) is 9.59 Å². The lowest BCUT2D eigenvalue weighted by molar-refractivity contribution is -0.132. The van der Waals surface area contributed by atoms with Crippen LogP contribution >= 0.6 is 0 Å². The fourth-order valence-electron chi connectivity index (χ4n) is 2.26. The second kappa shape index (κ2) is 8.15. The molecular formula is C17H20O4. The Morgan fingerprint density at radius 1 is 1.14 bits per heavy atom.